The first-order chi connectivity index (χ1) is 7.78. The second kappa shape index (κ2) is 4.65. The Morgan fingerprint density at radius 3 is 2.88 bits per heavy atom. The van der Waals surface area contributed by atoms with E-state index in [1.807, 2.05) is 18.2 Å². The van der Waals surface area contributed by atoms with Gasteiger partial charge in [-0.2, -0.15) is 5.26 Å². The number of nitrogens with one attached hydrogen (secondary N) is 1. The van der Waals surface area contributed by atoms with E-state index in [1.165, 1.54) is 0 Å². The van der Waals surface area contributed by atoms with Crippen molar-refractivity contribution in [3.63, 3.8) is 0 Å². The Kier molecular flexibility index (Phi) is 3.23. The Morgan fingerprint density at radius 1 is 1.44 bits per heavy atom. The highest BCUT2D eigenvalue weighted by Crippen LogP contribution is 2.44. The summed E-state index contributed by atoms with van der Waals surface area (Å²) in [5, 5.41) is 21.3. The largest absolute Gasteiger partial charge is 0.396 e. The number of rotatable bonds is 5. The number of aliphatic hydroxyl groups excluding tert-OH is 1. The summed E-state index contributed by atoms with van der Waals surface area (Å²) in [4.78, 5) is 0. The van der Waals surface area contributed by atoms with Gasteiger partial charge in [-0.3, -0.25) is 0 Å². The van der Waals surface area contributed by atoms with Crippen LogP contribution in [0.25, 0.3) is 0 Å². The standard InChI is InChI=1S/C13H16N2O/c14-7-11-2-1-3-12(6-11)8-15-9-13(10-16)4-5-13/h1-3,6,15-16H,4-5,8-10H2. The predicted octanol–water partition coefficient (Wildman–Crippen LogP) is 1.42. The monoisotopic (exact) mass is 216 g/mol. The van der Waals surface area contributed by atoms with E-state index in [0.717, 1.165) is 31.5 Å². The van der Waals surface area contributed by atoms with Gasteiger partial charge in [0.25, 0.3) is 0 Å². The first kappa shape index (κ1) is 11.1. The highest BCUT2D eigenvalue weighted by atomic mass is 16.3. The fourth-order valence-corrected chi connectivity index (χ4v) is 1.79. The summed E-state index contributed by atoms with van der Waals surface area (Å²) in [6.07, 6.45) is 2.24. The molecular formula is C13H16N2O. The van der Waals surface area contributed by atoms with Gasteiger partial charge in [-0.25, -0.2) is 0 Å². The van der Waals surface area contributed by atoms with Gasteiger partial charge in [0.05, 0.1) is 11.6 Å². The number of nitrogens with zero attached hydrogens (tertiary/aromatic N) is 1. The van der Waals surface area contributed by atoms with E-state index in [0.29, 0.717) is 5.56 Å². The van der Waals surface area contributed by atoms with E-state index in [1.54, 1.807) is 6.07 Å². The van der Waals surface area contributed by atoms with Crippen LogP contribution in [0.1, 0.15) is 24.0 Å². The quantitative estimate of drug-likeness (QED) is 0.782. The maximum atomic E-state index is 9.15. The predicted molar refractivity (Wildman–Crippen MR) is 61.6 cm³/mol. The molecule has 1 aliphatic carbocycles. The molecule has 1 aromatic carbocycles. The van der Waals surface area contributed by atoms with Gasteiger partial charge in [0.15, 0.2) is 0 Å². The van der Waals surface area contributed by atoms with Crippen LogP contribution in [0, 0.1) is 16.7 Å². The average Bonchev–Trinajstić information content (AvgIpc) is 3.10. The molecule has 0 saturated heterocycles. The second-order valence-corrected chi connectivity index (χ2v) is 4.57. The summed E-state index contributed by atoms with van der Waals surface area (Å²) in [6.45, 7) is 1.90. The van der Waals surface area contributed by atoms with Crippen molar-refractivity contribution in [3.8, 4) is 6.07 Å². The van der Waals surface area contributed by atoms with Gasteiger partial charge in [0, 0.05) is 25.1 Å². The van der Waals surface area contributed by atoms with Gasteiger partial charge < -0.3 is 10.4 Å². The first-order valence-corrected chi connectivity index (χ1v) is 5.59. The lowest BCUT2D eigenvalue weighted by atomic mass is 10.1. The van der Waals surface area contributed by atoms with Gasteiger partial charge in [-0.1, -0.05) is 12.1 Å². The van der Waals surface area contributed by atoms with Crippen molar-refractivity contribution in [2.45, 2.75) is 19.4 Å². The average molecular weight is 216 g/mol. The SMILES string of the molecule is N#Cc1cccc(CNCC2(CO)CC2)c1. The molecular weight excluding hydrogens is 200 g/mol. The van der Waals surface area contributed by atoms with Gasteiger partial charge in [-0.15, -0.1) is 0 Å². The molecule has 84 valence electrons. The first-order valence-electron chi connectivity index (χ1n) is 5.59. The summed E-state index contributed by atoms with van der Waals surface area (Å²) in [5.74, 6) is 0. The summed E-state index contributed by atoms with van der Waals surface area (Å²) in [7, 11) is 0. The molecule has 2 N–H and O–H groups in total. The minimum absolute atomic E-state index is 0.146. The Labute approximate surface area is 95.7 Å². The number of benzene rings is 1. The molecule has 0 aliphatic heterocycles. The molecule has 0 bridgehead atoms. The fraction of sp³-hybridized carbons (Fsp3) is 0.462. The number of aliphatic hydroxyl groups is 1. The molecule has 1 saturated carbocycles. The Bertz CT molecular complexity index is 405. The summed E-state index contributed by atoms with van der Waals surface area (Å²) in [6, 6.07) is 9.73. The minimum atomic E-state index is 0.146. The molecule has 1 fully saturated rings. The number of nitriles is 1. The van der Waals surface area contributed by atoms with Gasteiger partial charge in [-0.05, 0) is 30.5 Å². The van der Waals surface area contributed by atoms with Crippen molar-refractivity contribution < 1.29 is 5.11 Å². The van der Waals surface area contributed by atoms with E-state index in [2.05, 4.69) is 11.4 Å². The lowest BCUT2D eigenvalue weighted by Crippen LogP contribution is -2.26. The molecule has 2 rings (SSSR count). The van der Waals surface area contributed by atoms with Crippen molar-refractivity contribution in [1.29, 1.82) is 5.26 Å². The second-order valence-electron chi connectivity index (χ2n) is 4.57. The topological polar surface area (TPSA) is 56.0 Å². The van der Waals surface area contributed by atoms with Gasteiger partial charge in [0.1, 0.15) is 0 Å². The van der Waals surface area contributed by atoms with E-state index in [-0.39, 0.29) is 12.0 Å². The van der Waals surface area contributed by atoms with Crippen molar-refractivity contribution in [2.24, 2.45) is 5.41 Å². The zero-order valence-electron chi connectivity index (χ0n) is 9.24. The molecule has 3 nitrogen and oxygen atoms in total. The Morgan fingerprint density at radius 2 is 2.25 bits per heavy atom. The third-order valence-corrected chi connectivity index (χ3v) is 3.18. The molecule has 0 unspecified atom stereocenters. The summed E-state index contributed by atoms with van der Waals surface area (Å²) in [5.41, 5.74) is 1.96. The molecule has 0 radical (unpaired) electrons. The third-order valence-electron chi connectivity index (χ3n) is 3.18. The van der Waals surface area contributed by atoms with Crippen molar-refractivity contribution in [1.82, 2.24) is 5.32 Å². The van der Waals surface area contributed by atoms with E-state index >= 15 is 0 Å². The summed E-state index contributed by atoms with van der Waals surface area (Å²) >= 11 is 0. The molecule has 0 aromatic heterocycles. The van der Waals surface area contributed by atoms with Crippen molar-refractivity contribution >= 4 is 0 Å². The van der Waals surface area contributed by atoms with E-state index < -0.39 is 0 Å². The van der Waals surface area contributed by atoms with Crippen LogP contribution >= 0.6 is 0 Å². The molecule has 0 heterocycles. The molecule has 0 amide bonds. The van der Waals surface area contributed by atoms with Crippen LogP contribution in [0.15, 0.2) is 24.3 Å². The van der Waals surface area contributed by atoms with Gasteiger partial charge in [0.2, 0.25) is 0 Å². The lowest BCUT2D eigenvalue weighted by Gasteiger charge is -2.12. The highest BCUT2D eigenvalue weighted by Gasteiger charge is 2.41. The van der Waals surface area contributed by atoms with Crippen LogP contribution in [0.2, 0.25) is 0 Å². The molecule has 0 atom stereocenters. The van der Waals surface area contributed by atoms with E-state index in [4.69, 9.17) is 10.4 Å². The number of hydrogen-bond acceptors (Lipinski definition) is 3. The maximum absolute atomic E-state index is 9.15. The van der Waals surface area contributed by atoms with E-state index in [9.17, 15) is 0 Å². The molecule has 0 spiro atoms. The van der Waals surface area contributed by atoms with Crippen LogP contribution in [0.3, 0.4) is 0 Å². The van der Waals surface area contributed by atoms with Gasteiger partial charge >= 0.3 is 0 Å². The van der Waals surface area contributed by atoms with Crippen LogP contribution < -0.4 is 5.32 Å². The normalized spacial score (nSPS) is 16.8. The molecule has 16 heavy (non-hydrogen) atoms. The van der Waals surface area contributed by atoms with Crippen LogP contribution in [-0.2, 0) is 6.54 Å². The Hall–Kier alpha value is -1.37. The highest BCUT2D eigenvalue weighted by molar-refractivity contribution is 5.32. The molecule has 1 aliphatic rings. The van der Waals surface area contributed by atoms with Crippen LogP contribution in [0.5, 0.6) is 0 Å². The zero-order valence-corrected chi connectivity index (χ0v) is 9.24. The van der Waals surface area contributed by atoms with Crippen molar-refractivity contribution in [2.75, 3.05) is 13.2 Å². The molecule has 3 heteroatoms. The third kappa shape index (κ3) is 2.60. The smallest absolute Gasteiger partial charge is 0.0991 e. The number of hydrogen-bond donors (Lipinski definition) is 2. The fourth-order valence-electron chi connectivity index (χ4n) is 1.79. The molecule has 1 aromatic rings. The van der Waals surface area contributed by atoms with Crippen molar-refractivity contribution in [3.05, 3.63) is 35.4 Å². The van der Waals surface area contributed by atoms with Crippen LogP contribution in [-0.4, -0.2) is 18.3 Å². The minimum Gasteiger partial charge on any atom is -0.396 e. The lowest BCUT2D eigenvalue weighted by molar-refractivity contribution is 0.207. The zero-order chi connectivity index (χ0) is 11.4. The Balaban J connectivity index is 1.83. The van der Waals surface area contributed by atoms with Crippen LogP contribution in [0.4, 0.5) is 0 Å². The maximum Gasteiger partial charge on any atom is 0.0991 e. The summed E-state index contributed by atoms with van der Waals surface area (Å²) < 4.78 is 0.